The molecule has 17 nitrogen and oxygen atoms in total. The van der Waals surface area contributed by atoms with Crippen LogP contribution in [0.5, 0.6) is 0 Å². The maximum Gasteiger partial charge on any atom is 0.491 e. The quantitative estimate of drug-likeness (QED) is 0.0116. The third kappa shape index (κ3) is 19.1. The summed E-state index contributed by atoms with van der Waals surface area (Å²) in [5, 5.41) is 19.9. The molecule has 0 atom stereocenters. The minimum absolute atomic E-state index is 0.0671. The summed E-state index contributed by atoms with van der Waals surface area (Å²) in [4.78, 5) is 54.7. The number of nitrogens with two attached hydrogens (primary N) is 1. The van der Waals surface area contributed by atoms with E-state index in [0.717, 1.165) is 0 Å². The molecule has 3 aromatic heterocycles. The number of ether oxygens (including phenoxy) is 1. The van der Waals surface area contributed by atoms with Gasteiger partial charge in [0.15, 0.2) is 5.82 Å². The summed E-state index contributed by atoms with van der Waals surface area (Å²) in [5.41, 5.74) is 7.86. The predicted molar refractivity (Wildman–Crippen MR) is 200 cm³/mol. The van der Waals surface area contributed by atoms with Crippen molar-refractivity contribution in [3.05, 3.63) is 95.8 Å². The Labute approximate surface area is 363 Å². The molecule has 0 saturated carbocycles. The Bertz CT molecular complexity index is 2340. The summed E-state index contributed by atoms with van der Waals surface area (Å²) in [5.74, 6) is -8.02. The van der Waals surface area contributed by atoms with Gasteiger partial charge in [0.05, 0.1) is 11.4 Å². The number of hydrogen-bond donors (Lipinski definition) is 4. The minimum atomic E-state index is -5.62. The molecule has 2 aromatic carbocycles. The maximum atomic E-state index is 12.9. The van der Waals surface area contributed by atoms with Gasteiger partial charge in [-0.3, -0.25) is 9.59 Å². The van der Waals surface area contributed by atoms with Gasteiger partial charge in [-0.1, -0.05) is 10.3 Å². The molecule has 0 saturated heterocycles. The van der Waals surface area contributed by atoms with Gasteiger partial charge in [0.1, 0.15) is 30.0 Å². The molecule has 0 fully saturated rings. The number of esters is 2. The van der Waals surface area contributed by atoms with Gasteiger partial charge in [-0.25, -0.2) is 28.3 Å². The highest BCUT2D eigenvalue weighted by Gasteiger charge is 2.49. The molecule has 0 radical (unpaired) electrons. The van der Waals surface area contributed by atoms with E-state index in [1.165, 1.54) is 36.8 Å². The number of amides is 2. The van der Waals surface area contributed by atoms with Crippen molar-refractivity contribution in [2.75, 3.05) is 13.1 Å². The van der Waals surface area contributed by atoms with Gasteiger partial charge in [-0.15, -0.1) is 0 Å². The largest absolute Gasteiger partial charge is 0.491 e. The monoisotopic (exact) mass is 956 g/mol. The number of rotatable bonds is 16. The lowest BCUT2D eigenvalue weighted by Gasteiger charge is -2.06. The average Bonchev–Trinajstić information content (AvgIpc) is 4.05. The normalized spacial score (nSPS) is 11.7. The van der Waals surface area contributed by atoms with Gasteiger partial charge < -0.3 is 39.7 Å². The van der Waals surface area contributed by atoms with Crippen LogP contribution in [0, 0.1) is 11.6 Å². The van der Waals surface area contributed by atoms with Crippen LogP contribution in [0.15, 0.2) is 79.6 Å². The molecule has 5 aromatic rings. The van der Waals surface area contributed by atoms with Crippen LogP contribution in [-0.2, 0) is 49.4 Å². The van der Waals surface area contributed by atoms with Gasteiger partial charge >= 0.3 is 36.4 Å². The second-order valence-corrected chi connectivity index (χ2v) is 13.0. The highest BCUT2D eigenvalue weighted by Crippen LogP contribution is 2.27. The molecular formula is C38H35F11N8O9. The van der Waals surface area contributed by atoms with E-state index in [9.17, 15) is 67.5 Å². The first-order valence-corrected chi connectivity index (χ1v) is 18.6. The van der Waals surface area contributed by atoms with Crippen molar-refractivity contribution in [2.24, 2.45) is 10.9 Å². The van der Waals surface area contributed by atoms with Crippen molar-refractivity contribution < 1.29 is 90.8 Å². The Kier molecular flexibility index (Phi) is 19.7. The SMILES string of the molecule is N/C(CCCNC(=O)CCc1coc(-c2ccc(F)cc2)n1)=N\O.O=C(CCc1coc(-c2ccc(F)cc2)n1)NCCCc1noc(C(F)(F)F)n1.O=C(OC(=O)C(F)(F)F)C(F)(F)F. The number of aromatic nitrogens is 4. The third-order valence-electron chi connectivity index (χ3n) is 7.82. The van der Waals surface area contributed by atoms with E-state index in [2.05, 4.69) is 45.2 Å². The molecular weight excluding hydrogens is 921 g/mol. The maximum absolute atomic E-state index is 12.9. The van der Waals surface area contributed by atoms with Crippen LogP contribution in [0.3, 0.4) is 0 Å². The summed E-state index contributed by atoms with van der Waals surface area (Å²) < 4.78 is 147. The fourth-order valence-corrected chi connectivity index (χ4v) is 4.65. The molecule has 358 valence electrons. The van der Waals surface area contributed by atoms with Crippen molar-refractivity contribution in [3.8, 4) is 22.9 Å². The molecule has 0 bridgehead atoms. The number of carbonyl (C=O) groups is 4. The van der Waals surface area contributed by atoms with E-state index in [0.29, 0.717) is 72.9 Å². The first-order valence-electron chi connectivity index (χ1n) is 18.6. The number of aryl methyl sites for hydroxylation is 3. The third-order valence-corrected chi connectivity index (χ3v) is 7.82. The number of oxazole rings is 2. The van der Waals surface area contributed by atoms with Crippen LogP contribution < -0.4 is 16.4 Å². The molecule has 28 heteroatoms. The first kappa shape index (κ1) is 52.9. The second-order valence-electron chi connectivity index (χ2n) is 13.0. The molecule has 3 heterocycles. The van der Waals surface area contributed by atoms with E-state index in [-0.39, 0.29) is 60.9 Å². The van der Waals surface area contributed by atoms with Gasteiger partial charge in [0, 0.05) is 62.7 Å². The van der Waals surface area contributed by atoms with Gasteiger partial charge in [-0.05, 0) is 61.4 Å². The molecule has 2 amide bonds. The topological polar surface area (TPSA) is 251 Å². The zero-order chi connectivity index (χ0) is 49.1. The lowest BCUT2D eigenvalue weighted by Crippen LogP contribution is -2.34. The van der Waals surface area contributed by atoms with Crippen LogP contribution >= 0.6 is 0 Å². The number of oxime groups is 1. The van der Waals surface area contributed by atoms with Crippen LogP contribution in [0.1, 0.15) is 55.2 Å². The number of nitrogens with zero attached hydrogens (tertiary/aromatic N) is 5. The number of carbonyl (C=O) groups excluding carboxylic acids is 4. The van der Waals surface area contributed by atoms with Crippen molar-refractivity contribution >= 4 is 29.6 Å². The zero-order valence-corrected chi connectivity index (χ0v) is 33.5. The zero-order valence-electron chi connectivity index (χ0n) is 33.5. The summed E-state index contributed by atoms with van der Waals surface area (Å²) in [6, 6.07) is 11.5. The first-order chi connectivity index (χ1) is 30.9. The van der Waals surface area contributed by atoms with Crippen molar-refractivity contribution in [3.63, 3.8) is 0 Å². The average molecular weight is 957 g/mol. The van der Waals surface area contributed by atoms with Crippen molar-refractivity contribution in [1.82, 2.24) is 30.7 Å². The molecule has 5 N–H and O–H groups in total. The summed E-state index contributed by atoms with van der Waals surface area (Å²) >= 11 is 0. The van der Waals surface area contributed by atoms with E-state index in [1.54, 1.807) is 24.3 Å². The standard InChI is InChI=1S/C18H16F4N4O3.C16H19FN4O3.C4F6O3/c19-12-5-3-11(4-6-12)16-24-13(10-28-16)7-8-15(27)23-9-1-2-14-25-17(29-26-14)18(20,21)22;17-12-5-3-11(4-6-12)16-20-13(10-24-16)7-8-15(22)19-9-1-2-14(18)21-23;5-3(6,7)1(11)13-2(12)4(8,9)10/h3-6,10H,1-2,7-9H2,(H,23,27);3-6,10,23H,1-2,7-9H2,(H2,18,21)(H,19,22);. The Morgan fingerprint density at radius 3 is 1.48 bits per heavy atom. The molecule has 66 heavy (non-hydrogen) atoms. The van der Waals surface area contributed by atoms with Gasteiger partial charge in [-0.2, -0.15) is 44.5 Å². The number of alkyl halides is 9. The number of benzene rings is 2. The Balaban J connectivity index is 0.000000282. The van der Waals surface area contributed by atoms with Gasteiger partial charge in [0.25, 0.3) is 0 Å². The summed E-state index contributed by atoms with van der Waals surface area (Å²) in [7, 11) is 0. The highest BCUT2D eigenvalue weighted by atomic mass is 19.4. The van der Waals surface area contributed by atoms with E-state index in [1.807, 2.05) is 0 Å². The van der Waals surface area contributed by atoms with Crippen molar-refractivity contribution in [1.29, 1.82) is 0 Å². The molecule has 0 spiro atoms. The molecule has 5 rings (SSSR count). The smallest absolute Gasteiger partial charge is 0.444 e. The highest BCUT2D eigenvalue weighted by molar-refractivity contribution is 5.90. The lowest BCUT2D eigenvalue weighted by atomic mass is 10.2. The number of hydrogen-bond acceptors (Lipinski definition) is 14. The lowest BCUT2D eigenvalue weighted by molar-refractivity contribution is -0.221. The van der Waals surface area contributed by atoms with Crippen LogP contribution in [0.2, 0.25) is 0 Å². The second kappa shape index (κ2) is 24.6. The molecule has 0 aliphatic rings. The summed E-state index contributed by atoms with van der Waals surface area (Å²) in [6.07, 6.45) is -10.3. The number of amidine groups is 1. The number of halogens is 11. The minimum Gasteiger partial charge on any atom is -0.444 e. The summed E-state index contributed by atoms with van der Waals surface area (Å²) in [6.45, 7) is 0.711. The number of nitrogens with one attached hydrogen (secondary N) is 2. The van der Waals surface area contributed by atoms with E-state index >= 15 is 0 Å². The fourth-order valence-electron chi connectivity index (χ4n) is 4.65. The van der Waals surface area contributed by atoms with E-state index in [4.69, 9.17) is 19.8 Å². The molecule has 0 aliphatic carbocycles. The van der Waals surface area contributed by atoms with Crippen LogP contribution in [-0.4, -0.2) is 80.3 Å². The Morgan fingerprint density at radius 2 is 1.09 bits per heavy atom. The van der Waals surface area contributed by atoms with Crippen LogP contribution in [0.25, 0.3) is 22.9 Å². The molecule has 0 unspecified atom stereocenters. The Hall–Kier alpha value is -7.42. The Morgan fingerprint density at radius 1 is 0.652 bits per heavy atom. The predicted octanol–water partition coefficient (Wildman–Crippen LogP) is 6.80. The fraction of sp³-hybridized carbons (Fsp3) is 0.342. The van der Waals surface area contributed by atoms with Crippen molar-refractivity contribution in [2.45, 2.75) is 69.9 Å². The van der Waals surface area contributed by atoms with Gasteiger partial charge in [0.2, 0.25) is 23.6 Å². The van der Waals surface area contributed by atoms with Crippen LogP contribution in [0.4, 0.5) is 48.3 Å². The van der Waals surface area contributed by atoms with E-state index < -0.39 is 36.4 Å². The molecule has 0 aliphatic heterocycles.